The van der Waals surface area contributed by atoms with Crippen molar-refractivity contribution in [3.8, 4) is 11.1 Å². The summed E-state index contributed by atoms with van der Waals surface area (Å²) in [7, 11) is 0. The van der Waals surface area contributed by atoms with Crippen molar-refractivity contribution in [2.45, 2.75) is 13.8 Å². The molecule has 1 aliphatic heterocycles. The molecule has 2 amide bonds. The van der Waals surface area contributed by atoms with Crippen LogP contribution in [0.15, 0.2) is 42.5 Å². The van der Waals surface area contributed by atoms with Crippen molar-refractivity contribution in [3.05, 3.63) is 59.4 Å². The lowest BCUT2D eigenvalue weighted by Gasteiger charge is -2.34. The number of hydrogen-bond donors (Lipinski definition) is 0. The molecule has 5 heteroatoms. The summed E-state index contributed by atoms with van der Waals surface area (Å²) in [5.41, 5.74) is 2.88. The van der Waals surface area contributed by atoms with Crippen molar-refractivity contribution in [1.82, 2.24) is 9.80 Å². The Morgan fingerprint density at radius 1 is 0.880 bits per heavy atom. The molecule has 4 nitrogen and oxygen atoms in total. The van der Waals surface area contributed by atoms with E-state index in [0.717, 1.165) is 16.7 Å². The Morgan fingerprint density at radius 3 is 2.00 bits per heavy atom. The molecule has 25 heavy (non-hydrogen) atoms. The summed E-state index contributed by atoms with van der Waals surface area (Å²) in [6.45, 7) is 5.35. The molecular formula is C20H21FN2O2. The van der Waals surface area contributed by atoms with Crippen LogP contribution in [0.2, 0.25) is 0 Å². The van der Waals surface area contributed by atoms with Gasteiger partial charge in [0, 0.05) is 33.1 Å². The zero-order chi connectivity index (χ0) is 18.0. The van der Waals surface area contributed by atoms with E-state index in [1.54, 1.807) is 21.9 Å². The maximum Gasteiger partial charge on any atom is 0.256 e. The third-order valence-corrected chi connectivity index (χ3v) is 4.60. The first kappa shape index (κ1) is 17.1. The SMILES string of the molecule is CC(=O)N1CCN(C(=O)c2ccc(-c3ccc(C)cc3)cc2F)CC1. The highest BCUT2D eigenvalue weighted by Gasteiger charge is 2.25. The Kier molecular flexibility index (Phi) is 4.83. The van der Waals surface area contributed by atoms with Gasteiger partial charge in [0.25, 0.3) is 5.91 Å². The molecule has 0 atom stereocenters. The molecule has 1 fully saturated rings. The van der Waals surface area contributed by atoms with Crippen molar-refractivity contribution in [1.29, 1.82) is 0 Å². The van der Waals surface area contributed by atoms with Gasteiger partial charge in [-0.15, -0.1) is 0 Å². The van der Waals surface area contributed by atoms with Crippen LogP contribution in [0, 0.1) is 12.7 Å². The van der Waals surface area contributed by atoms with E-state index < -0.39 is 5.82 Å². The minimum absolute atomic E-state index is 0.000676. The molecule has 0 unspecified atom stereocenters. The largest absolute Gasteiger partial charge is 0.339 e. The fourth-order valence-electron chi connectivity index (χ4n) is 3.01. The van der Waals surface area contributed by atoms with Crippen LogP contribution in [0.3, 0.4) is 0 Å². The summed E-state index contributed by atoms with van der Waals surface area (Å²) in [5, 5.41) is 0. The molecule has 0 saturated carbocycles. The van der Waals surface area contributed by atoms with E-state index in [-0.39, 0.29) is 17.4 Å². The Morgan fingerprint density at radius 2 is 1.44 bits per heavy atom. The molecule has 3 rings (SSSR count). The summed E-state index contributed by atoms with van der Waals surface area (Å²) < 4.78 is 14.5. The molecule has 1 heterocycles. The number of nitrogens with zero attached hydrogens (tertiary/aromatic N) is 2. The van der Waals surface area contributed by atoms with Crippen molar-refractivity contribution >= 4 is 11.8 Å². The molecule has 1 aliphatic rings. The highest BCUT2D eigenvalue weighted by Crippen LogP contribution is 2.23. The van der Waals surface area contributed by atoms with E-state index in [1.807, 2.05) is 31.2 Å². The Bertz CT molecular complexity index is 794. The van der Waals surface area contributed by atoms with Crippen LogP contribution in [-0.4, -0.2) is 47.8 Å². The van der Waals surface area contributed by atoms with Crippen LogP contribution < -0.4 is 0 Å². The number of benzene rings is 2. The van der Waals surface area contributed by atoms with E-state index in [1.165, 1.54) is 13.0 Å². The molecule has 2 aromatic rings. The van der Waals surface area contributed by atoms with Gasteiger partial charge in [-0.2, -0.15) is 0 Å². The van der Waals surface area contributed by atoms with Crippen LogP contribution in [0.4, 0.5) is 4.39 Å². The minimum Gasteiger partial charge on any atom is -0.339 e. The van der Waals surface area contributed by atoms with E-state index >= 15 is 0 Å². The average molecular weight is 340 g/mol. The molecule has 0 N–H and O–H groups in total. The minimum atomic E-state index is -0.517. The predicted molar refractivity (Wildman–Crippen MR) is 94.7 cm³/mol. The van der Waals surface area contributed by atoms with Crippen LogP contribution in [0.5, 0.6) is 0 Å². The average Bonchev–Trinajstić information content (AvgIpc) is 2.62. The molecule has 130 valence electrons. The second kappa shape index (κ2) is 7.05. The molecule has 0 aromatic heterocycles. The third-order valence-electron chi connectivity index (χ3n) is 4.60. The second-order valence-electron chi connectivity index (χ2n) is 6.36. The predicted octanol–water partition coefficient (Wildman–Crippen LogP) is 3.11. The number of carbonyl (C=O) groups excluding carboxylic acids is 2. The van der Waals surface area contributed by atoms with Crippen LogP contribution in [-0.2, 0) is 4.79 Å². The summed E-state index contributed by atoms with van der Waals surface area (Å²) in [6.07, 6.45) is 0. The number of rotatable bonds is 2. The fourth-order valence-corrected chi connectivity index (χ4v) is 3.01. The summed E-state index contributed by atoms with van der Waals surface area (Å²) in [4.78, 5) is 27.2. The lowest BCUT2D eigenvalue weighted by Crippen LogP contribution is -2.50. The van der Waals surface area contributed by atoms with Gasteiger partial charge in [-0.1, -0.05) is 35.9 Å². The quantitative estimate of drug-likeness (QED) is 0.843. The number of carbonyl (C=O) groups is 2. The van der Waals surface area contributed by atoms with Gasteiger partial charge in [0.05, 0.1) is 5.56 Å². The Hall–Kier alpha value is -2.69. The van der Waals surface area contributed by atoms with Gasteiger partial charge in [0.2, 0.25) is 5.91 Å². The molecular weight excluding hydrogens is 319 g/mol. The standard InChI is InChI=1S/C20H21FN2O2/c1-14-3-5-16(6-4-14)17-7-8-18(19(21)13-17)20(25)23-11-9-22(10-12-23)15(2)24/h3-8,13H,9-12H2,1-2H3. The summed E-state index contributed by atoms with van der Waals surface area (Å²) >= 11 is 0. The van der Waals surface area contributed by atoms with Gasteiger partial charge in [0.15, 0.2) is 0 Å². The number of hydrogen-bond acceptors (Lipinski definition) is 2. The van der Waals surface area contributed by atoms with E-state index in [2.05, 4.69) is 0 Å². The first-order valence-electron chi connectivity index (χ1n) is 8.37. The van der Waals surface area contributed by atoms with Gasteiger partial charge < -0.3 is 9.80 Å². The maximum atomic E-state index is 14.5. The topological polar surface area (TPSA) is 40.6 Å². The van der Waals surface area contributed by atoms with Crippen LogP contribution in [0.1, 0.15) is 22.8 Å². The highest BCUT2D eigenvalue weighted by atomic mass is 19.1. The number of piperazine rings is 1. The second-order valence-corrected chi connectivity index (χ2v) is 6.36. The van der Waals surface area contributed by atoms with Crippen LogP contribution in [0.25, 0.3) is 11.1 Å². The smallest absolute Gasteiger partial charge is 0.256 e. The molecule has 2 aromatic carbocycles. The van der Waals surface area contributed by atoms with Gasteiger partial charge in [-0.25, -0.2) is 4.39 Å². The van der Waals surface area contributed by atoms with Crippen LogP contribution >= 0.6 is 0 Å². The van der Waals surface area contributed by atoms with E-state index in [0.29, 0.717) is 26.2 Å². The van der Waals surface area contributed by atoms with E-state index in [9.17, 15) is 14.0 Å². The first-order chi connectivity index (χ1) is 12.0. The zero-order valence-corrected chi connectivity index (χ0v) is 14.5. The first-order valence-corrected chi connectivity index (χ1v) is 8.37. The van der Waals surface area contributed by atoms with Gasteiger partial charge >= 0.3 is 0 Å². The van der Waals surface area contributed by atoms with Crippen molar-refractivity contribution in [2.75, 3.05) is 26.2 Å². The summed E-state index contributed by atoms with van der Waals surface area (Å²) in [5.74, 6) is -0.839. The fraction of sp³-hybridized carbons (Fsp3) is 0.300. The van der Waals surface area contributed by atoms with Gasteiger partial charge in [-0.05, 0) is 30.2 Å². The summed E-state index contributed by atoms with van der Waals surface area (Å²) in [6, 6.07) is 12.5. The Labute approximate surface area is 146 Å². The number of aryl methyl sites for hydroxylation is 1. The van der Waals surface area contributed by atoms with Crippen molar-refractivity contribution < 1.29 is 14.0 Å². The molecule has 0 bridgehead atoms. The molecule has 0 aliphatic carbocycles. The maximum absolute atomic E-state index is 14.5. The monoisotopic (exact) mass is 340 g/mol. The van der Waals surface area contributed by atoms with Gasteiger partial charge in [0.1, 0.15) is 5.82 Å². The number of amides is 2. The molecule has 0 radical (unpaired) electrons. The van der Waals surface area contributed by atoms with Crippen molar-refractivity contribution in [3.63, 3.8) is 0 Å². The van der Waals surface area contributed by atoms with Gasteiger partial charge in [-0.3, -0.25) is 9.59 Å². The normalized spacial score (nSPS) is 14.5. The Balaban J connectivity index is 1.76. The lowest BCUT2D eigenvalue weighted by molar-refractivity contribution is -0.130. The molecule has 1 saturated heterocycles. The zero-order valence-electron chi connectivity index (χ0n) is 14.5. The molecule has 0 spiro atoms. The third kappa shape index (κ3) is 3.71. The van der Waals surface area contributed by atoms with Crippen molar-refractivity contribution in [2.24, 2.45) is 0 Å². The number of halogens is 1. The van der Waals surface area contributed by atoms with E-state index in [4.69, 9.17) is 0 Å². The lowest BCUT2D eigenvalue weighted by atomic mass is 10.0. The highest BCUT2D eigenvalue weighted by molar-refractivity contribution is 5.95.